The molecule has 0 heterocycles. The van der Waals surface area contributed by atoms with Gasteiger partial charge in [-0.1, -0.05) is 62.9 Å². The zero-order valence-corrected chi connectivity index (χ0v) is 18.8. The van der Waals surface area contributed by atoms with E-state index in [1.807, 2.05) is 26.1 Å². The molecule has 0 bridgehead atoms. The first kappa shape index (κ1) is 22.1. The molecule has 0 saturated carbocycles. The van der Waals surface area contributed by atoms with Gasteiger partial charge in [-0.3, -0.25) is 4.99 Å². The zero-order valence-electron chi connectivity index (χ0n) is 18.8. The van der Waals surface area contributed by atoms with Gasteiger partial charge in [0.2, 0.25) is 0 Å². The Kier molecular flexibility index (Phi) is 6.13. The molecular weight excluding hydrogens is 380 g/mol. The molecular formula is C28H28N2O. The van der Waals surface area contributed by atoms with E-state index in [-0.39, 0.29) is 11.2 Å². The van der Waals surface area contributed by atoms with Crippen molar-refractivity contribution in [3.8, 4) is 22.9 Å². The molecule has 156 valence electrons. The highest BCUT2D eigenvalue weighted by atomic mass is 16.3. The fourth-order valence-corrected chi connectivity index (χ4v) is 3.61. The van der Waals surface area contributed by atoms with Crippen LogP contribution in [0.25, 0.3) is 11.1 Å². The van der Waals surface area contributed by atoms with Crippen molar-refractivity contribution < 1.29 is 5.11 Å². The Labute approximate surface area is 185 Å². The minimum Gasteiger partial charge on any atom is -0.506 e. The Balaban J connectivity index is 1.97. The van der Waals surface area contributed by atoms with Crippen LogP contribution in [0.4, 0.5) is 0 Å². The lowest BCUT2D eigenvalue weighted by Crippen LogP contribution is -2.19. The maximum absolute atomic E-state index is 10.1. The van der Waals surface area contributed by atoms with Gasteiger partial charge in [0.05, 0.1) is 5.56 Å². The molecule has 0 saturated heterocycles. The number of aromatic hydroxyl groups is 1. The molecule has 1 N–H and O–H groups in total. The fraction of sp³-hybridized carbons (Fsp3) is 0.214. The van der Waals surface area contributed by atoms with E-state index in [2.05, 4.69) is 80.9 Å². The molecule has 0 spiro atoms. The lowest BCUT2D eigenvalue weighted by Gasteiger charge is -2.27. The number of nitriles is 1. The maximum atomic E-state index is 10.1. The summed E-state index contributed by atoms with van der Waals surface area (Å²) in [6.07, 6.45) is 1.86. The minimum atomic E-state index is -0.310. The van der Waals surface area contributed by atoms with Crippen LogP contribution in [0, 0.1) is 25.2 Å². The van der Waals surface area contributed by atoms with Gasteiger partial charge in [0.15, 0.2) is 0 Å². The number of aliphatic imine (C=N–C) groups is 1. The van der Waals surface area contributed by atoms with Gasteiger partial charge in [0.1, 0.15) is 11.8 Å². The first-order valence-electron chi connectivity index (χ1n) is 10.3. The zero-order chi connectivity index (χ0) is 22.8. The predicted molar refractivity (Wildman–Crippen MR) is 129 cm³/mol. The van der Waals surface area contributed by atoms with Crippen molar-refractivity contribution in [1.29, 1.82) is 5.26 Å². The molecule has 3 aromatic carbocycles. The molecule has 0 aliphatic carbocycles. The Hall–Kier alpha value is -3.64. The third kappa shape index (κ3) is 4.59. The maximum Gasteiger partial charge on any atom is 0.136 e. The van der Waals surface area contributed by atoms with Crippen LogP contribution < -0.4 is 0 Å². The average molecular weight is 409 g/mol. The van der Waals surface area contributed by atoms with Crippen LogP contribution in [0.3, 0.4) is 0 Å². The van der Waals surface area contributed by atoms with E-state index >= 15 is 0 Å². The number of hydrogen-bond acceptors (Lipinski definition) is 3. The summed E-state index contributed by atoms with van der Waals surface area (Å²) in [5.74, 6) is 0.0581. The topological polar surface area (TPSA) is 56.4 Å². The molecule has 0 radical (unpaired) electrons. The molecule has 0 unspecified atom stereocenters. The summed E-state index contributed by atoms with van der Waals surface area (Å²) in [5.41, 5.74) is 8.13. The van der Waals surface area contributed by atoms with Gasteiger partial charge >= 0.3 is 0 Å². The van der Waals surface area contributed by atoms with Crippen molar-refractivity contribution in [2.45, 2.75) is 40.0 Å². The smallest absolute Gasteiger partial charge is 0.136 e. The van der Waals surface area contributed by atoms with Crippen molar-refractivity contribution in [3.05, 3.63) is 100 Å². The minimum absolute atomic E-state index is 0.0581. The number of phenolic OH excluding ortho intramolecular Hbond substituents is 1. The van der Waals surface area contributed by atoms with Crippen LogP contribution in [-0.4, -0.2) is 11.3 Å². The van der Waals surface area contributed by atoms with Crippen LogP contribution >= 0.6 is 0 Å². The predicted octanol–water partition coefficient (Wildman–Crippen LogP) is 6.83. The van der Waals surface area contributed by atoms with Gasteiger partial charge in [-0.2, -0.15) is 5.26 Å². The Morgan fingerprint density at radius 1 is 0.968 bits per heavy atom. The summed E-state index contributed by atoms with van der Waals surface area (Å²) in [6.45, 7) is 13.9. The van der Waals surface area contributed by atoms with Gasteiger partial charge in [-0.05, 0) is 71.8 Å². The highest BCUT2D eigenvalue weighted by molar-refractivity contribution is 5.85. The van der Waals surface area contributed by atoms with Crippen molar-refractivity contribution in [2.24, 2.45) is 4.99 Å². The largest absolute Gasteiger partial charge is 0.506 e. The molecule has 0 amide bonds. The van der Waals surface area contributed by atoms with E-state index in [1.165, 1.54) is 5.56 Å². The van der Waals surface area contributed by atoms with Crippen LogP contribution in [0.15, 0.2) is 71.9 Å². The van der Waals surface area contributed by atoms with Gasteiger partial charge in [-0.15, -0.1) is 0 Å². The van der Waals surface area contributed by atoms with E-state index in [1.54, 1.807) is 6.07 Å². The van der Waals surface area contributed by atoms with Crippen LogP contribution in [0.2, 0.25) is 0 Å². The van der Waals surface area contributed by atoms with E-state index in [4.69, 9.17) is 0 Å². The number of aryl methyl sites for hydroxylation is 2. The molecule has 3 nitrogen and oxygen atoms in total. The van der Waals surface area contributed by atoms with Gasteiger partial charge in [0.25, 0.3) is 0 Å². The fourth-order valence-electron chi connectivity index (χ4n) is 3.61. The monoisotopic (exact) mass is 408 g/mol. The van der Waals surface area contributed by atoms with E-state index < -0.39 is 0 Å². The molecule has 3 heteroatoms. The Bertz CT molecular complexity index is 1210. The first-order valence-corrected chi connectivity index (χ1v) is 10.3. The molecule has 0 aliphatic heterocycles. The second-order valence-corrected chi connectivity index (χ2v) is 8.57. The highest BCUT2D eigenvalue weighted by Gasteiger charge is 2.25. The third-order valence-corrected chi connectivity index (χ3v) is 5.79. The van der Waals surface area contributed by atoms with Crippen LogP contribution in [-0.2, 0) is 5.41 Å². The molecule has 3 rings (SSSR count). The number of hydrogen-bond donors (Lipinski definition) is 1. The summed E-state index contributed by atoms with van der Waals surface area (Å²) in [6, 6.07) is 20.7. The number of phenols is 1. The Morgan fingerprint density at radius 2 is 1.61 bits per heavy atom. The van der Waals surface area contributed by atoms with E-state index in [0.29, 0.717) is 11.1 Å². The molecule has 0 atom stereocenters. The molecule has 31 heavy (non-hydrogen) atoms. The first-order chi connectivity index (χ1) is 14.6. The second-order valence-electron chi connectivity index (χ2n) is 8.57. The SMILES string of the molecule is C=C(C)N=Cc1cc(-c2ccc(C(C)(C)c3cc(C)c(O)c(C#N)c3)cc2)ccc1C. The molecule has 0 aromatic heterocycles. The van der Waals surface area contributed by atoms with E-state index in [9.17, 15) is 10.4 Å². The highest BCUT2D eigenvalue weighted by Crippen LogP contribution is 2.36. The van der Waals surface area contributed by atoms with Crippen LogP contribution in [0.5, 0.6) is 5.75 Å². The van der Waals surface area contributed by atoms with Crippen molar-refractivity contribution in [1.82, 2.24) is 0 Å². The number of benzene rings is 3. The van der Waals surface area contributed by atoms with E-state index in [0.717, 1.165) is 33.5 Å². The lowest BCUT2D eigenvalue weighted by molar-refractivity contribution is 0.468. The standard InChI is InChI=1S/C28H28N2O/c1-18(2)30-17-24-14-22(8-7-19(24)3)21-9-11-25(12-10-21)28(5,6)26-13-20(4)27(31)23(15-26)16-29/h7-15,17,31H,1H2,2-6H3. The van der Waals surface area contributed by atoms with Crippen molar-refractivity contribution in [2.75, 3.05) is 0 Å². The number of nitrogens with zero attached hydrogens (tertiary/aromatic N) is 2. The Morgan fingerprint density at radius 3 is 2.23 bits per heavy atom. The molecule has 0 aliphatic rings. The summed E-state index contributed by atoms with van der Waals surface area (Å²) in [5, 5.41) is 19.4. The number of rotatable bonds is 5. The normalized spacial score (nSPS) is 11.5. The summed E-state index contributed by atoms with van der Waals surface area (Å²) in [4.78, 5) is 4.34. The van der Waals surface area contributed by atoms with Crippen molar-refractivity contribution >= 4 is 6.21 Å². The second kappa shape index (κ2) is 8.62. The lowest BCUT2D eigenvalue weighted by atomic mass is 9.76. The average Bonchev–Trinajstić information content (AvgIpc) is 2.75. The number of allylic oxidation sites excluding steroid dienone is 1. The van der Waals surface area contributed by atoms with Crippen molar-refractivity contribution in [3.63, 3.8) is 0 Å². The molecule has 3 aromatic rings. The van der Waals surface area contributed by atoms with Gasteiger partial charge in [-0.25, -0.2) is 0 Å². The van der Waals surface area contributed by atoms with Crippen LogP contribution in [0.1, 0.15) is 54.2 Å². The summed E-state index contributed by atoms with van der Waals surface area (Å²) in [7, 11) is 0. The van der Waals surface area contributed by atoms with Gasteiger partial charge in [0, 0.05) is 17.3 Å². The van der Waals surface area contributed by atoms with Gasteiger partial charge < -0.3 is 5.11 Å². The molecule has 0 fully saturated rings. The third-order valence-electron chi connectivity index (χ3n) is 5.79. The summed E-state index contributed by atoms with van der Waals surface area (Å²) >= 11 is 0. The summed E-state index contributed by atoms with van der Waals surface area (Å²) < 4.78 is 0. The quantitative estimate of drug-likeness (QED) is 0.471.